The molecular formula is C8H12O2. The van der Waals surface area contributed by atoms with Crippen LogP contribution in [0.4, 0.5) is 0 Å². The lowest BCUT2D eigenvalue weighted by atomic mass is 9.94. The predicted octanol–water partition coefficient (Wildman–Crippen LogP) is 1.52. The SMILES string of the molecule is COC1=CC(=O)C(C)CC1. The van der Waals surface area contributed by atoms with Crippen LogP contribution in [0.15, 0.2) is 11.8 Å². The molecule has 0 amide bonds. The third-order valence-electron chi connectivity index (χ3n) is 1.87. The number of allylic oxidation sites excluding steroid dienone is 2. The minimum atomic E-state index is 0.193. The topological polar surface area (TPSA) is 26.3 Å². The lowest BCUT2D eigenvalue weighted by Crippen LogP contribution is -2.14. The fourth-order valence-electron chi connectivity index (χ4n) is 1.04. The Bertz CT molecular complexity index is 170. The van der Waals surface area contributed by atoms with E-state index in [0.29, 0.717) is 0 Å². The zero-order valence-electron chi connectivity index (χ0n) is 6.39. The third-order valence-corrected chi connectivity index (χ3v) is 1.87. The van der Waals surface area contributed by atoms with E-state index in [0.717, 1.165) is 18.6 Å². The maximum Gasteiger partial charge on any atom is 0.161 e. The summed E-state index contributed by atoms with van der Waals surface area (Å²) in [6.07, 6.45) is 3.44. The quantitative estimate of drug-likeness (QED) is 0.552. The summed E-state index contributed by atoms with van der Waals surface area (Å²) in [6.45, 7) is 1.95. The average Bonchev–Trinajstić information content (AvgIpc) is 1.95. The van der Waals surface area contributed by atoms with Crippen LogP contribution >= 0.6 is 0 Å². The van der Waals surface area contributed by atoms with Crippen LogP contribution in [0, 0.1) is 5.92 Å². The molecule has 0 spiro atoms. The first-order valence-electron chi connectivity index (χ1n) is 3.52. The fraction of sp³-hybridized carbons (Fsp3) is 0.625. The zero-order valence-corrected chi connectivity index (χ0v) is 6.39. The van der Waals surface area contributed by atoms with E-state index < -0.39 is 0 Å². The van der Waals surface area contributed by atoms with Crippen molar-refractivity contribution in [3.05, 3.63) is 11.8 Å². The van der Waals surface area contributed by atoms with Gasteiger partial charge in [-0.2, -0.15) is 0 Å². The Balaban J connectivity index is 2.66. The van der Waals surface area contributed by atoms with Crippen LogP contribution in [0.5, 0.6) is 0 Å². The van der Waals surface area contributed by atoms with Crippen molar-refractivity contribution in [2.75, 3.05) is 7.11 Å². The van der Waals surface area contributed by atoms with Crippen LogP contribution < -0.4 is 0 Å². The Morgan fingerprint density at radius 1 is 1.70 bits per heavy atom. The molecule has 2 heteroatoms. The summed E-state index contributed by atoms with van der Waals surface area (Å²) in [5.41, 5.74) is 0. The van der Waals surface area contributed by atoms with Crippen molar-refractivity contribution in [3.8, 4) is 0 Å². The van der Waals surface area contributed by atoms with E-state index in [1.165, 1.54) is 0 Å². The summed E-state index contributed by atoms with van der Waals surface area (Å²) in [4.78, 5) is 11.0. The van der Waals surface area contributed by atoms with Crippen molar-refractivity contribution in [1.29, 1.82) is 0 Å². The van der Waals surface area contributed by atoms with Gasteiger partial charge < -0.3 is 4.74 Å². The van der Waals surface area contributed by atoms with Crippen molar-refractivity contribution < 1.29 is 9.53 Å². The van der Waals surface area contributed by atoms with Crippen LogP contribution in [-0.2, 0) is 9.53 Å². The van der Waals surface area contributed by atoms with Crippen LogP contribution in [0.25, 0.3) is 0 Å². The summed E-state index contributed by atoms with van der Waals surface area (Å²) < 4.78 is 4.95. The largest absolute Gasteiger partial charge is 0.501 e. The molecule has 2 nitrogen and oxygen atoms in total. The highest BCUT2D eigenvalue weighted by Crippen LogP contribution is 2.19. The molecule has 0 bridgehead atoms. The van der Waals surface area contributed by atoms with Gasteiger partial charge in [0, 0.05) is 18.4 Å². The van der Waals surface area contributed by atoms with Gasteiger partial charge in [-0.15, -0.1) is 0 Å². The molecule has 0 aromatic heterocycles. The van der Waals surface area contributed by atoms with Crippen molar-refractivity contribution in [2.45, 2.75) is 19.8 Å². The number of hydrogen-bond donors (Lipinski definition) is 0. The van der Waals surface area contributed by atoms with Crippen molar-refractivity contribution in [1.82, 2.24) is 0 Å². The minimum Gasteiger partial charge on any atom is -0.501 e. The van der Waals surface area contributed by atoms with Crippen molar-refractivity contribution in [3.63, 3.8) is 0 Å². The monoisotopic (exact) mass is 140 g/mol. The highest BCUT2D eigenvalue weighted by Gasteiger charge is 2.17. The van der Waals surface area contributed by atoms with E-state index in [1.54, 1.807) is 13.2 Å². The second-order valence-electron chi connectivity index (χ2n) is 2.66. The molecule has 0 saturated heterocycles. The molecule has 1 aliphatic carbocycles. The molecule has 0 radical (unpaired) electrons. The fourth-order valence-corrected chi connectivity index (χ4v) is 1.04. The van der Waals surface area contributed by atoms with Gasteiger partial charge in [-0.25, -0.2) is 0 Å². The summed E-state index contributed by atoms with van der Waals surface area (Å²) in [5.74, 6) is 1.21. The van der Waals surface area contributed by atoms with Gasteiger partial charge in [0.25, 0.3) is 0 Å². The second kappa shape index (κ2) is 2.86. The Hall–Kier alpha value is -0.790. The Morgan fingerprint density at radius 3 is 2.90 bits per heavy atom. The zero-order chi connectivity index (χ0) is 7.56. The number of rotatable bonds is 1. The van der Waals surface area contributed by atoms with Crippen LogP contribution in [0.3, 0.4) is 0 Å². The molecule has 0 aromatic carbocycles. The highest BCUT2D eigenvalue weighted by molar-refractivity contribution is 5.92. The van der Waals surface area contributed by atoms with E-state index in [4.69, 9.17) is 4.74 Å². The van der Waals surface area contributed by atoms with Crippen molar-refractivity contribution >= 4 is 5.78 Å². The summed E-state index contributed by atoms with van der Waals surface area (Å²) in [7, 11) is 1.61. The van der Waals surface area contributed by atoms with Crippen molar-refractivity contribution in [2.24, 2.45) is 5.92 Å². The van der Waals surface area contributed by atoms with E-state index in [2.05, 4.69) is 0 Å². The van der Waals surface area contributed by atoms with Crippen LogP contribution in [0.2, 0.25) is 0 Å². The molecule has 0 saturated carbocycles. The summed E-state index contributed by atoms with van der Waals surface area (Å²) >= 11 is 0. The molecule has 0 fully saturated rings. The summed E-state index contributed by atoms with van der Waals surface area (Å²) in [5, 5.41) is 0. The number of hydrogen-bond acceptors (Lipinski definition) is 2. The average molecular weight is 140 g/mol. The minimum absolute atomic E-state index is 0.193. The lowest BCUT2D eigenvalue weighted by Gasteiger charge is -2.15. The lowest BCUT2D eigenvalue weighted by molar-refractivity contribution is -0.118. The maximum absolute atomic E-state index is 11.0. The molecule has 1 aliphatic rings. The molecule has 1 unspecified atom stereocenters. The summed E-state index contributed by atoms with van der Waals surface area (Å²) in [6, 6.07) is 0. The molecule has 10 heavy (non-hydrogen) atoms. The van der Waals surface area contributed by atoms with Gasteiger partial charge in [0.1, 0.15) is 0 Å². The molecule has 0 heterocycles. The highest BCUT2D eigenvalue weighted by atomic mass is 16.5. The van der Waals surface area contributed by atoms with Gasteiger partial charge in [0.15, 0.2) is 5.78 Å². The molecule has 56 valence electrons. The van der Waals surface area contributed by atoms with Crippen LogP contribution in [-0.4, -0.2) is 12.9 Å². The van der Waals surface area contributed by atoms with E-state index in [1.807, 2.05) is 6.92 Å². The number of carbonyl (C=O) groups is 1. The molecule has 0 aliphatic heterocycles. The second-order valence-corrected chi connectivity index (χ2v) is 2.66. The van der Waals surface area contributed by atoms with E-state index in [9.17, 15) is 4.79 Å². The normalized spacial score (nSPS) is 26.0. The first-order valence-corrected chi connectivity index (χ1v) is 3.52. The van der Waals surface area contributed by atoms with Gasteiger partial charge in [0.05, 0.1) is 12.9 Å². The Morgan fingerprint density at radius 2 is 2.40 bits per heavy atom. The van der Waals surface area contributed by atoms with Gasteiger partial charge in [-0.1, -0.05) is 6.92 Å². The molecule has 1 atom stereocenters. The van der Waals surface area contributed by atoms with Gasteiger partial charge in [0.2, 0.25) is 0 Å². The smallest absolute Gasteiger partial charge is 0.161 e. The number of ether oxygens (including phenoxy) is 1. The Kier molecular flexibility index (Phi) is 2.10. The predicted molar refractivity (Wildman–Crippen MR) is 38.5 cm³/mol. The first-order chi connectivity index (χ1) is 4.74. The van der Waals surface area contributed by atoms with Gasteiger partial charge in [-0.05, 0) is 6.42 Å². The maximum atomic E-state index is 11.0. The molecule has 0 aromatic rings. The van der Waals surface area contributed by atoms with E-state index >= 15 is 0 Å². The number of methoxy groups -OCH3 is 1. The van der Waals surface area contributed by atoms with Crippen LogP contribution in [0.1, 0.15) is 19.8 Å². The number of carbonyl (C=O) groups excluding carboxylic acids is 1. The third kappa shape index (κ3) is 1.38. The number of ketones is 1. The van der Waals surface area contributed by atoms with E-state index in [-0.39, 0.29) is 11.7 Å². The standard InChI is InChI=1S/C8H12O2/c1-6-3-4-7(10-2)5-8(6)9/h5-6H,3-4H2,1-2H3. The molecular weight excluding hydrogens is 128 g/mol. The first kappa shape index (κ1) is 7.32. The molecule has 1 rings (SSSR count). The van der Waals surface area contributed by atoms with Gasteiger partial charge >= 0.3 is 0 Å². The Labute approximate surface area is 60.9 Å². The molecule has 0 N–H and O–H groups in total. The van der Waals surface area contributed by atoms with Gasteiger partial charge in [-0.3, -0.25) is 4.79 Å².